The van der Waals surface area contributed by atoms with Gasteiger partial charge in [0.05, 0.1) is 24.7 Å². The van der Waals surface area contributed by atoms with Crippen LogP contribution in [0.5, 0.6) is 5.75 Å². The molecule has 0 atom stereocenters. The Balaban J connectivity index is 1.61. The van der Waals surface area contributed by atoms with Gasteiger partial charge in [-0.2, -0.15) is 0 Å². The minimum Gasteiger partial charge on any atom is -0.494 e. The minimum atomic E-state index is -0.434. The number of esters is 1. The van der Waals surface area contributed by atoms with Crippen molar-refractivity contribution in [1.29, 1.82) is 0 Å². The topological polar surface area (TPSA) is 108 Å². The van der Waals surface area contributed by atoms with Gasteiger partial charge in [-0.15, -0.1) is 10.2 Å². The Morgan fingerprint density at radius 3 is 2.59 bits per heavy atom. The molecule has 34 heavy (non-hydrogen) atoms. The van der Waals surface area contributed by atoms with Crippen LogP contribution >= 0.6 is 23.1 Å². The van der Waals surface area contributed by atoms with E-state index in [1.807, 2.05) is 35.8 Å². The molecule has 11 heteroatoms. The van der Waals surface area contributed by atoms with Crippen LogP contribution in [0.4, 0.5) is 5.13 Å². The number of carbonyl (C=O) groups excluding carboxylic acids is 2. The molecule has 182 valence electrons. The summed E-state index contributed by atoms with van der Waals surface area (Å²) in [4.78, 5) is 29.1. The zero-order valence-corrected chi connectivity index (χ0v) is 21.4. The summed E-state index contributed by atoms with van der Waals surface area (Å²) in [6.07, 6.45) is 2.11. The zero-order valence-electron chi connectivity index (χ0n) is 19.8. The van der Waals surface area contributed by atoms with Crippen LogP contribution < -0.4 is 10.1 Å². The van der Waals surface area contributed by atoms with E-state index in [0.717, 1.165) is 41.3 Å². The Bertz CT molecular complexity index is 1110. The van der Waals surface area contributed by atoms with Gasteiger partial charge in [-0.05, 0) is 51.5 Å². The van der Waals surface area contributed by atoms with Crippen LogP contribution in [-0.2, 0) is 16.1 Å². The van der Waals surface area contributed by atoms with Gasteiger partial charge in [0.15, 0.2) is 16.1 Å². The fourth-order valence-corrected chi connectivity index (χ4v) is 4.73. The maximum absolute atomic E-state index is 12.5. The molecular formula is C23H29N5O4S2. The van der Waals surface area contributed by atoms with Crippen molar-refractivity contribution in [3.8, 4) is 17.1 Å². The van der Waals surface area contributed by atoms with E-state index in [4.69, 9.17) is 9.47 Å². The molecule has 1 aromatic carbocycles. The van der Waals surface area contributed by atoms with Crippen LogP contribution in [0.3, 0.4) is 0 Å². The van der Waals surface area contributed by atoms with E-state index in [0.29, 0.717) is 34.0 Å². The van der Waals surface area contributed by atoms with Gasteiger partial charge in [0.1, 0.15) is 10.6 Å². The first-order chi connectivity index (χ1) is 16.5. The number of aromatic nitrogens is 4. The van der Waals surface area contributed by atoms with E-state index in [1.165, 1.54) is 11.8 Å². The number of rotatable bonds is 12. The number of thioether (sulfide) groups is 1. The molecule has 0 saturated heterocycles. The van der Waals surface area contributed by atoms with Crippen molar-refractivity contribution in [3.63, 3.8) is 0 Å². The summed E-state index contributed by atoms with van der Waals surface area (Å²) in [7, 11) is 0. The second-order valence-corrected chi connectivity index (χ2v) is 9.21. The maximum Gasteiger partial charge on any atom is 0.350 e. The number of carbonyl (C=O) groups is 2. The van der Waals surface area contributed by atoms with Crippen LogP contribution in [0.2, 0.25) is 0 Å². The lowest BCUT2D eigenvalue weighted by Crippen LogP contribution is -2.14. The van der Waals surface area contributed by atoms with Crippen molar-refractivity contribution in [2.75, 3.05) is 24.3 Å². The molecule has 3 aromatic rings. The van der Waals surface area contributed by atoms with Gasteiger partial charge in [0.25, 0.3) is 0 Å². The van der Waals surface area contributed by atoms with Gasteiger partial charge in [0.2, 0.25) is 5.91 Å². The van der Waals surface area contributed by atoms with Crippen molar-refractivity contribution in [2.24, 2.45) is 0 Å². The number of nitrogens with zero attached hydrogens (tertiary/aromatic N) is 4. The number of hydrogen-bond acceptors (Lipinski definition) is 9. The molecule has 0 bridgehead atoms. The van der Waals surface area contributed by atoms with E-state index < -0.39 is 5.97 Å². The van der Waals surface area contributed by atoms with Gasteiger partial charge >= 0.3 is 5.97 Å². The molecule has 9 nitrogen and oxygen atoms in total. The van der Waals surface area contributed by atoms with Crippen LogP contribution in [-0.4, -0.2) is 50.6 Å². The minimum absolute atomic E-state index is 0.135. The predicted molar refractivity (Wildman–Crippen MR) is 134 cm³/mol. The fraction of sp³-hybridized carbons (Fsp3) is 0.435. The first kappa shape index (κ1) is 25.7. The average molecular weight is 504 g/mol. The Morgan fingerprint density at radius 1 is 1.15 bits per heavy atom. The van der Waals surface area contributed by atoms with E-state index in [-0.39, 0.29) is 18.3 Å². The summed E-state index contributed by atoms with van der Waals surface area (Å²) in [6.45, 7) is 9.24. The molecule has 0 spiro atoms. The highest BCUT2D eigenvalue weighted by Gasteiger charge is 2.19. The standard InChI is InChI=1S/C23H29N5O4S2/c1-5-8-13-32-17-11-9-16(10-12-17)20-26-27-23(28(20)6-2)33-14-18(29)25-22-24-15(4)19(34-22)21(30)31-7-3/h9-12H,5-8,13-14H2,1-4H3,(H,24,25,29). The number of anilines is 1. The average Bonchev–Trinajstić information content (AvgIpc) is 3.41. The van der Waals surface area contributed by atoms with Crippen molar-refractivity contribution < 1.29 is 19.1 Å². The van der Waals surface area contributed by atoms with Gasteiger partial charge in [-0.1, -0.05) is 36.4 Å². The molecular weight excluding hydrogens is 474 g/mol. The third-order valence-corrected chi connectivity index (χ3v) is 6.77. The quantitative estimate of drug-likeness (QED) is 0.213. The van der Waals surface area contributed by atoms with Crippen molar-refractivity contribution in [2.45, 2.75) is 52.2 Å². The largest absolute Gasteiger partial charge is 0.494 e. The third kappa shape index (κ3) is 6.57. The summed E-state index contributed by atoms with van der Waals surface area (Å²) < 4.78 is 12.7. The Kier molecular flexibility index (Phi) is 9.46. The zero-order chi connectivity index (χ0) is 24.5. The number of aryl methyl sites for hydroxylation is 1. The predicted octanol–water partition coefficient (Wildman–Crippen LogP) is 4.82. The Labute approximate surface area is 207 Å². The number of unbranched alkanes of at least 4 members (excludes halogenated alkanes) is 1. The molecule has 0 unspecified atom stereocenters. The summed E-state index contributed by atoms with van der Waals surface area (Å²) in [5.41, 5.74) is 1.46. The summed E-state index contributed by atoms with van der Waals surface area (Å²) in [5, 5.41) is 12.4. The lowest BCUT2D eigenvalue weighted by atomic mass is 10.2. The van der Waals surface area contributed by atoms with Crippen molar-refractivity contribution >= 4 is 40.1 Å². The second kappa shape index (κ2) is 12.5. The molecule has 0 fully saturated rings. The van der Waals surface area contributed by atoms with E-state index in [9.17, 15) is 9.59 Å². The summed E-state index contributed by atoms with van der Waals surface area (Å²) >= 11 is 2.40. The van der Waals surface area contributed by atoms with Crippen LogP contribution in [0.25, 0.3) is 11.4 Å². The number of thiazole rings is 1. The number of ether oxygens (including phenoxy) is 2. The highest BCUT2D eigenvalue weighted by atomic mass is 32.2. The van der Waals surface area contributed by atoms with Crippen LogP contribution in [0, 0.1) is 6.92 Å². The van der Waals surface area contributed by atoms with Crippen LogP contribution in [0.1, 0.15) is 49.0 Å². The molecule has 0 radical (unpaired) electrons. The molecule has 3 rings (SSSR count). The van der Waals surface area contributed by atoms with Gasteiger partial charge in [0, 0.05) is 12.1 Å². The first-order valence-corrected chi connectivity index (χ1v) is 13.0. The molecule has 1 N–H and O–H groups in total. The molecule has 0 aliphatic heterocycles. The molecule has 2 aromatic heterocycles. The Hall–Kier alpha value is -2.92. The van der Waals surface area contributed by atoms with Crippen molar-refractivity contribution in [3.05, 3.63) is 34.8 Å². The normalized spacial score (nSPS) is 10.8. The fourth-order valence-electron chi connectivity index (χ4n) is 3.05. The van der Waals surface area contributed by atoms with Gasteiger partial charge < -0.3 is 19.4 Å². The van der Waals surface area contributed by atoms with Gasteiger partial charge in [-0.25, -0.2) is 9.78 Å². The number of benzene rings is 1. The lowest BCUT2D eigenvalue weighted by molar-refractivity contribution is -0.113. The highest BCUT2D eigenvalue weighted by molar-refractivity contribution is 7.99. The second-order valence-electron chi connectivity index (χ2n) is 7.27. The lowest BCUT2D eigenvalue weighted by Gasteiger charge is -2.09. The third-order valence-electron chi connectivity index (χ3n) is 4.75. The smallest absolute Gasteiger partial charge is 0.350 e. The number of hydrogen-bond donors (Lipinski definition) is 1. The molecule has 2 heterocycles. The SMILES string of the molecule is CCCCOc1ccc(-c2nnc(SCC(=O)Nc3nc(C)c(C(=O)OCC)s3)n2CC)cc1. The summed E-state index contributed by atoms with van der Waals surface area (Å²) in [6, 6.07) is 7.79. The molecule has 0 saturated carbocycles. The van der Waals surface area contributed by atoms with Crippen molar-refractivity contribution in [1.82, 2.24) is 19.7 Å². The monoisotopic (exact) mass is 503 g/mol. The van der Waals surface area contributed by atoms with Crippen LogP contribution in [0.15, 0.2) is 29.4 Å². The molecule has 0 aliphatic rings. The van der Waals surface area contributed by atoms with E-state index in [1.54, 1.807) is 13.8 Å². The Morgan fingerprint density at radius 2 is 1.91 bits per heavy atom. The van der Waals surface area contributed by atoms with E-state index >= 15 is 0 Å². The first-order valence-electron chi connectivity index (χ1n) is 11.2. The summed E-state index contributed by atoms with van der Waals surface area (Å²) in [5.74, 6) is 1.02. The highest BCUT2D eigenvalue weighted by Crippen LogP contribution is 2.27. The number of amides is 1. The van der Waals surface area contributed by atoms with Gasteiger partial charge in [-0.3, -0.25) is 4.79 Å². The molecule has 0 aliphatic carbocycles. The van der Waals surface area contributed by atoms with E-state index in [2.05, 4.69) is 27.4 Å². The maximum atomic E-state index is 12.5. The molecule has 1 amide bonds. The number of nitrogens with one attached hydrogen (secondary N) is 1.